The van der Waals surface area contributed by atoms with Crippen LogP contribution >= 0.6 is 27.7 Å². The van der Waals surface area contributed by atoms with Crippen LogP contribution in [0.15, 0.2) is 50.7 Å². The molecule has 2 aromatic carbocycles. The Morgan fingerprint density at radius 1 is 1.00 bits per heavy atom. The molecule has 0 aromatic heterocycles. The molecule has 2 aromatic rings. The van der Waals surface area contributed by atoms with Gasteiger partial charge in [0, 0.05) is 15.1 Å². The quantitative estimate of drug-likeness (QED) is 0.828. The van der Waals surface area contributed by atoms with Gasteiger partial charge >= 0.3 is 0 Å². The molecule has 88 valence electrons. The largest absolute Gasteiger partial charge is 0.399 e. The molecule has 0 saturated carbocycles. The fraction of sp³-hybridized carbons (Fsp3) is 0. The second-order valence-electron chi connectivity index (χ2n) is 3.37. The molecule has 0 radical (unpaired) electrons. The molecule has 0 bridgehead atoms. The third-order valence-electron chi connectivity index (χ3n) is 2.05. The Balaban J connectivity index is 2.33. The first-order valence-corrected chi connectivity index (χ1v) is 6.35. The van der Waals surface area contributed by atoms with Crippen LogP contribution in [0.5, 0.6) is 0 Å². The lowest BCUT2D eigenvalue weighted by Gasteiger charge is -2.06. The summed E-state index contributed by atoms with van der Waals surface area (Å²) >= 11 is 4.33. The van der Waals surface area contributed by atoms with Crippen molar-refractivity contribution in [1.82, 2.24) is 0 Å². The van der Waals surface area contributed by atoms with E-state index in [1.165, 1.54) is 0 Å². The number of hydrogen-bond acceptors (Lipinski definition) is 2. The molecular formula is C12H8BrF2NS. The van der Waals surface area contributed by atoms with Crippen LogP contribution in [0.25, 0.3) is 0 Å². The first kappa shape index (κ1) is 12.4. The van der Waals surface area contributed by atoms with E-state index in [1.54, 1.807) is 12.1 Å². The predicted molar refractivity (Wildman–Crippen MR) is 69.0 cm³/mol. The number of anilines is 1. The Hall–Kier alpha value is -1.07. The molecule has 0 aliphatic carbocycles. The zero-order valence-corrected chi connectivity index (χ0v) is 11.0. The highest BCUT2D eigenvalue weighted by atomic mass is 79.9. The lowest BCUT2D eigenvalue weighted by molar-refractivity contribution is 0.542. The van der Waals surface area contributed by atoms with Gasteiger partial charge in [0.1, 0.15) is 11.6 Å². The summed E-state index contributed by atoms with van der Waals surface area (Å²) in [6.07, 6.45) is 0. The van der Waals surface area contributed by atoms with Gasteiger partial charge in [-0.3, -0.25) is 0 Å². The van der Waals surface area contributed by atoms with Crippen molar-refractivity contribution in [2.24, 2.45) is 0 Å². The highest BCUT2D eigenvalue weighted by molar-refractivity contribution is 9.10. The monoisotopic (exact) mass is 315 g/mol. The van der Waals surface area contributed by atoms with Crippen molar-refractivity contribution in [3.63, 3.8) is 0 Å². The minimum absolute atomic E-state index is 0.0403. The maximum atomic E-state index is 13.5. The molecule has 5 heteroatoms. The van der Waals surface area contributed by atoms with Gasteiger partial charge in [-0.05, 0) is 36.4 Å². The Morgan fingerprint density at radius 2 is 1.53 bits per heavy atom. The van der Waals surface area contributed by atoms with E-state index < -0.39 is 11.6 Å². The predicted octanol–water partition coefficient (Wildman–Crippen LogP) is 4.46. The molecule has 0 aliphatic heterocycles. The Bertz CT molecular complexity index is 520. The zero-order valence-electron chi connectivity index (χ0n) is 8.58. The maximum Gasteiger partial charge on any atom is 0.142 e. The number of nitrogens with two attached hydrogens (primary N) is 1. The lowest BCUT2D eigenvalue weighted by Crippen LogP contribution is -1.92. The summed E-state index contributed by atoms with van der Waals surface area (Å²) in [5.41, 5.74) is 5.43. The van der Waals surface area contributed by atoms with Crippen LogP contribution in [0, 0.1) is 11.6 Å². The van der Waals surface area contributed by atoms with Crippen LogP contribution in [-0.2, 0) is 0 Å². The number of halogens is 3. The average molecular weight is 316 g/mol. The van der Waals surface area contributed by atoms with E-state index in [4.69, 9.17) is 5.73 Å². The van der Waals surface area contributed by atoms with E-state index in [9.17, 15) is 8.78 Å². The highest BCUT2D eigenvalue weighted by Crippen LogP contribution is 2.33. The van der Waals surface area contributed by atoms with Crippen LogP contribution in [0.1, 0.15) is 0 Å². The lowest BCUT2D eigenvalue weighted by atomic mass is 10.3. The molecule has 17 heavy (non-hydrogen) atoms. The van der Waals surface area contributed by atoms with Gasteiger partial charge in [-0.25, -0.2) is 8.78 Å². The van der Waals surface area contributed by atoms with Crippen LogP contribution in [0.3, 0.4) is 0 Å². The molecule has 0 fully saturated rings. The minimum Gasteiger partial charge on any atom is -0.399 e. The Labute approximate surface area is 110 Å². The third-order valence-corrected chi connectivity index (χ3v) is 3.68. The van der Waals surface area contributed by atoms with Gasteiger partial charge in [0.05, 0.1) is 4.90 Å². The molecular weight excluding hydrogens is 308 g/mol. The van der Waals surface area contributed by atoms with Crippen LogP contribution < -0.4 is 5.73 Å². The van der Waals surface area contributed by atoms with Crippen LogP contribution in [0.4, 0.5) is 14.5 Å². The molecule has 0 heterocycles. The molecule has 0 atom stereocenters. The van der Waals surface area contributed by atoms with Crippen molar-refractivity contribution < 1.29 is 8.78 Å². The van der Waals surface area contributed by atoms with Gasteiger partial charge in [0.15, 0.2) is 0 Å². The van der Waals surface area contributed by atoms with E-state index in [0.717, 1.165) is 33.3 Å². The smallest absolute Gasteiger partial charge is 0.142 e. The fourth-order valence-electron chi connectivity index (χ4n) is 1.30. The molecule has 0 unspecified atom stereocenters. The van der Waals surface area contributed by atoms with E-state index in [2.05, 4.69) is 15.9 Å². The van der Waals surface area contributed by atoms with Crippen molar-refractivity contribution in [3.8, 4) is 0 Å². The van der Waals surface area contributed by atoms with E-state index >= 15 is 0 Å². The number of hydrogen-bond donors (Lipinski definition) is 1. The van der Waals surface area contributed by atoms with Gasteiger partial charge in [0.2, 0.25) is 0 Å². The highest BCUT2D eigenvalue weighted by Gasteiger charge is 2.11. The van der Waals surface area contributed by atoms with Crippen LogP contribution in [-0.4, -0.2) is 0 Å². The summed E-state index contributed by atoms with van der Waals surface area (Å²) in [5.74, 6) is -1.29. The SMILES string of the molecule is Nc1cc(F)c(Sc2ccc(Br)cc2)c(F)c1. The summed E-state index contributed by atoms with van der Waals surface area (Å²) in [5, 5.41) is 0. The molecule has 2 N–H and O–H groups in total. The van der Waals surface area contributed by atoms with Crippen molar-refractivity contribution in [3.05, 3.63) is 52.5 Å². The standard InChI is InChI=1S/C12H8BrF2NS/c13-7-1-3-9(4-2-7)17-12-10(14)5-8(16)6-11(12)15/h1-6H,16H2. The van der Waals surface area contributed by atoms with E-state index in [1.807, 2.05) is 12.1 Å². The van der Waals surface area contributed by atoms with Gasteiger partial charge in [-0.1, -0.05) is 27.7 Å². The van der Waals surface area contributed by atoms with Gasteiger partial charge in [-0.15, -0.1) is 0 Å². The summed E-state index contributed by atoms with van der Waals surface area (Å²) in [6.45, 7) is 0. The average Bonchev–Trinajstić information content (AvgIpc) is 2.26. The number of benzene rings is 2. The molecule has 0 spiro atoms. The van der Waals surface area contributed by atoms with E-state index in [0.29, 0.717) is 0 Å². The molecule has 0 saturated heterocycles. The van der Waals surface area contributed by atoms with E-state index in [-0.39, 0.29) is 10.6 Å². The minimum atomic E-state index is -0.643. The molecule has 0 aliphatic rings. The molecule has 0 amide bonds. The topological polar surface area (TPSA) is 26.0 Å². The second-order valence-corrected chi connectivity index (χ2v) is 5.37. The van der Waals surface area contributed by atoms with Gasteiger partial charge in [-0.2, -0.15) is 0 Å². The van der Waals surface area contributed by atoms with Crippen molar-refractivity contribution in [1.29, 1.82) is 0 Å². The molecule has 2 rings (SSSR count). The Kier molecular flexibility index (Phi) is 3.69. The summed E-state index contributed by atoms with van der Waals surface area (Å²) < 4.78 is 28.0. The van der Waals surface area contributed by atoms with Gasteiger partial charge < -0.3 is 5.73 Å². The summed E-state index contributed by atoms with van der Waals surface area (Å²) in [6, 6.07) is 9.42. The maximum absolute atomic E-state index is 13.5. The van der Waals surface area contributed by atoms with Crippen molar-refractivity contribution in [2.45, 2.75) is 9.79 Å². The number of rotatable bonds is 2. The second kappa shape index (κ2) is 5.06. The number of nitrogen functional groups attached to an aromatic ring is 1. The normalized spacial score (nSPS) is 10.5. The Morgan fingerprint density at radius 3 is 2.06 bits per heavy atom. The van der Waals surface area contributed by atoms with Gasteiger partial charge in [0.25, 0.3) is 0 Å². The fourth-order valence-corrected chi connectivity index (χ4v) is 2.38. The third kappa shape index (κ3) is 2.98. The first-order valence-electron chi connectivity index (χ1n) is 4.74. The van der Waals surface area contributed by atoms with Crippen LogP contribution in [0.2, 0.25) is 0 Å². The zero-order chi connectivity index (χ0) is 12.4. The summed E-state index contributed by atoms with van der Waals surface area (Å²) in [7, 11) is 0. The first-order chi connectivity index (χ1) is 8.06. The van der Waals surface area contributed by atoms with Crippen molar-refractivity contribution in [2.75, 3.05) is 5.73 Å². The molecule has 1 nitrogen and oxygen atoms in total. The van der Waals surface area contributed by atoms with Crippen molar-refractivity contribution >= 4 is 33.4 Å². The summed E-state index contributed by atoms with van der Waals surface area (Å²) in [4.78, 5) is 0.720.